The Balaban J connectivity index is 2.26. The summed E-state index contributed by atoms with van der Waals surface area (Å²) in [5, 5.41) is 3.48. The highest BCUT2D eigenvalue weighted by Gasteiger charge is 2.12. The van der Waals surface area contributed by atoms with Gasteiger partial charge in [-0.2, -0.15) is 0 Å². The van der Waals surface area contributed by atoms with E-state index >= 15 is 0 Å². The molecule has 5 heteroatoms. The van der Waals surface area contributed by atoms with Crippen molar-refractivity contribution in [2.75, 3.05) is 20.3 Å². The van der Waals surface area contributed by atoms with Gasteiger partial charge in [0.2, 0.25) is 0 Å². The number of hydrogen-bond acceptors (Lipinski definition) is 3. The van der Waals surface area contributed by atoms with Crippen molar-refractivity contribution in [2.24, 2.45) is 0 Å². The Morgan fingerprint density at radius 1 is 1.40 bits per heavy atom. The van der Waals surface area contributed by atoms with Gasteiger partial charge in [0.15, 0.2) is 0 Å². The van der Waals surface area contributed by atoms with E-state index in [9.17, 15) is 9.18 Å². The number of fused-ring (bicyclic) bond motifs is 1. The van der Waals surface area contributed by atoms with Crippen LogP contribution in [0.25, 0.3) is 10.9 Å². The molecule has 1 amide bonds. The normalized spacial score (nSPS) is 10.8. The molecule has 0 aliphatic rings. The number of pyridine rings is 1. The van der Waals surface area contributed by atoms with Gasteiger partial charge in [0.05, 0.1) is 11.1 Å². The monoisotopic (exact) mass is 276 g/mol. The van der Waals surface area contributed by atoms with E-state index in [4.69, 9.17) is 4.74 Å². The average molecular weight is 276 g/mol. The minimum Gasteiger partial charge on any atom is -0.385 e. The van der Waals surface area contributed by atoms with Crippen LogP contribution < -0.4 is 5.32 Å². The molecular formula is C15H17FN2O2. The minimum atomic E-state index is -0.359. The van der Waals surface area contributed by atoms with E-state index in [1.54, 1.807) is 26.2 Å². The van der Waals surface area contributed by atoms with E-state index in [0.717, 1.165) is 6.42 Å². The van der Waals surface area contributed by atoms with Crippen molar-refractivity contribution in [3.63, 3.8) is 0 Å². The van der Waals surface area contributed by atoms with E-state index in [1.807, 2.05) is 0 Å². The summed E-state index contributed by atoms with van der Waals surface area (Å²) in [7, 11) is 1.62. The molecule has 0 spiro atoms. The van der Waals surface area contributed by atoms with Crippen LogP contribution >= 0.6 is 0 Å². The lowest BCUT2D eigenvalue weighted by molar-refractivity contribution is 0.0950. The molecule has 1 aromatic carbocycles. The fourth-order valence-electron chi connectivity index (χ4n) is 2.04. The Kier molecular flexibility index (Phi) is 4.63. The first-order valence-corrected chi connectivity index (χ1v) is 6.46. The molecule has 0 fully saturated rings. The van der Waals surface area contributed by atoms with Crippen molar-refractivity contribution in [1.82, 2.24) is 10.3 Å². The molecule has 0 bridgehead atoms. The summed E-state index contributed by atoms with van der Waals surface area (Å²) in [4.78, 5) is 16.4. The molecule has 0 atom stereocenters. The van der Waals surface area contributed by atoms with Crippen molar-refractivity contribution in [3.05, 3.63) is 41.3 Å². The fourth-order valence-corrected chi connectivity index (χ4v) is 2.04. The summed E-state index contributed by atoms with van der Waals surface area (Å²) >= 11 is 0. The SMILES string of the molecule is COCCCNC(=O)c1cc(C)nc2cc(F)ccc12. The second kappa shape index (κ2) is 6.43. The number of nitrogens with zero attached hydrogens (tertiary/aromatic N) is 1. The van der Waals surface area contributed by atoms with Gasteiger partial charge in [0, 0.05) is 37.4 Å². The molecule has 0 unspecified atom stereocenters. The van der Waals surface area contributed by atoms with E-state index in [0.29, 0.717) is 35.3 Å². The third-order valence-corrected chi connectivity index (χ3v) is 2.96. The topological polar surface area (TPSA) is 51.2 Å². The minimum absolute atomic E-state index is 0.178. The smallest absolute Gasteiger partial charge is 0.252 e. The molecule has 0 radical (unpaired) electrons. The first-order valence-electron chi connectivity index (χ1n) is 6.46. The molecule has 0 saturated heterocycles. The van der Waals surface area contributed by atoms with Crippen LogP contribution in [-0.4, -0.2) is 31.2 Å². The van der Waals surface area contributed by atoms with Crippen LogP contribution in [-0.2, 0) is 4.74 Å². The number of hydrogen-bond donors (Lipinski definition) is 1. The number of amides is 1. The second-order valence-corrected chi connectivity index (χ2v) is 4.57. The number of methoxy groups -OCH3 is 1. The predicted molar refractivity (Wildman–Crippen MR) is 75.3 cm³/mol. The fraction of sp³-hybridized carbons (Fsp3) is 0.333. The van der Waals surface area contributed by atoms with Gasteiger partial charge in [-0.15, -0.1) is 0 Å². The lowest BCUT2D eigenvalue weighted by Gasteiger charge is -2.09. The number of ether oxygens (including phenoxy) is 1. The molecule has 0 saturated carbocycles. The van der Waals surface area contributed by atoms with Gasteiger partial charge in [0.25, 0.3) is 5.91 Å². The number of aryl methyl sites for hydroxylation is 1. The molecule has 4 nitrogen and oxygen atoms in total. The molecule has 0 aliphatic heterocycles. The van der Waals surface area contributed by atoms with Crippen LogP contribution in [0.2, 0.25) is 0 Å². The lowest BCUT2D eigenvalue weighted by Crippen LogP contribution is -2.25. The molecule has 1 aromatic heterocycles. The van der Waals surface area contributed by atoms with Gasteiger partial charge in [-0.25, -0.2) is 4.39 Å². The van der Waals surface area contributed by atoms with Crippen molar-refractivity contribution < 1.29 is 13.9 Å². The lowest BCUT2D eigenvalue weighted by atomic mass is 10.1. The Bertz CT molecular complexity index is 623. The third-order valence-electron chi connectivity index (χ3n) is 2.96. The van der Waals surface area contributed by atoms with Crippen LogP contribution in [0.3, 0.4) is 0 Å². The molecule has 2 aromatic rings. The summed E-state index contributed by atoms with van der Waals surface area (Å²) in [6, 6.07) is 5.97. The number of benzene rings is 1. The quantitative estimate of drug-likeness (QED) is 0.853. The van der Waals surface area contributed by atoms with E-state index in [-0.39, 0.29) is 11.7 Å². The van der Waals surface area contributed by atoms with Crippen molar-refractivity contribution >= 4 is 16.8 Å². The zero-order valence-corrected chi connectivity index (χ0v) is 11.6. The Morgan fingerprint density at radius 3 is 2.95 bits per heavy atom. The van der Waals surface area contributed by atoms with E-state index in [2.05, 4.69) is 10.3 Å². The number of carbonyl (C=O) groups excluding carboxylic acids is 1. The molecule has 106 valence electrons. The second-order valence-electron chi connectivity index (χ2n) is 4.57. The highest BCUT2D eigenvalue weighted by atomic mass is 19.1. The van der Waals surface area contributed by atoms with Crippen LogP contribution in [0.1, 0.15) is 22.5 Å². The Hall–Kier alpha value is -2.01. The maximum Gasteiger partial charge on any atom is 0.252 e. The van der Waals surface area contributed by atoms with Crippen molar-refractivity contribution in [2.45, 2.75) is 13.3 Å². The standard InChI is InChI=1S/C15H17FN2O2/c1-10-8-13(15(19)17-6-3-7-20-2)12-5-4-11(16)9-14(12)18-10/h4-5,8-9H,3,6-7H2,1-2H3,(H,17,19). The van der Waals surface area contributed by atoms with Crippen LogP contribution in [0.5, 0.6) is 0 Å². The highest BCUT2D eigenvalue weighted by Crippen LogP contribution is 2.19. The molecular weight excluding hydrogens is 259 g/mol. The predicted octanol–water partition coefficient (Wildman–Crippen LogP) is 2.45. The Morgan fingerprint density at radius 2 is 2.20 bits per heavy atom. The van der Waals surface area contributed by atoms with Gasteiger partial charge in [-0.05, 0) is 31.5 Å². The number of halogens is 1. The van der Waals surface area contributed by atoms with Crippen LogP contribution in [0.4, 0.5) is 4.39 Å². The number of carbonyl (C=O) groups is 1. The summed E-state index contributed by atoms with van der Waals surface area (Å²) in [6.07, 6.45) is 0.749. The van der Waals surface area contributed by atoms with Crippen LogP contribution in [0, 0.1) is 12.7 Å². The molecule has 20 heavy (non-hydrogen) atoms. The van der Waals surface area contributed by atoms with Crippen molar-refractivity contribution in [1.29, 1.82) is 0 Å². The highest BCUT2D eigenvalue weighted by molar-refractivity contribution is 6.06. The number of nitrogens with one attached hydrogen (secondary N) is 1. The van der Waals surface area contributed by atoms with Gasteiger partial charge in [0.1, 0.15) is 5.82 Å². The average Bonchev–Trinajstić information content (AvgIpc) is 2.42. The summed E-state index contributed by atoms with van der Waals surface area (Å²) in [5.74, 6) is -0.537. The number of aromatic nitrogens is 1. The van der Waals surface area contributed by atoms with Crippen LogP contribution in [0.15, 0.2) is 24.3 Å². The van der Waals surface area contributed by atoms with Gasteiger partial charge >= 0.3 is 0 Å². The Labute approximate surface area is 117 Å². The van der Waals surface area contributed by atoms with Gasteiger partial charge < -0.3 is 10.1 Å². The third kappa shape index (κ3) is 3.30. The number of rotatable bonds is 5. The van der Waals surface area contributed by atoms with Gasteiger partial charge in [-0.1, -0.05) is 0 Å². The van der Waals surface area contributed by atoms with E-state index in [1.165, 1.54) is 12.1 Å². The molecule has 0 aliphatic carbocycles. The molecule has 1 heterocycles. The molecule has 1 N–H and O–H groups in total. The first kappa shape index (κ1) is 14.4. The van der Waals surface area contributed by atoms with Crippen molar-refractivity contribution in [3.8, 4) is 0 Å². The maximum atomic E-state index is 13.2. The first-order chi connectivity index (χ1) is 9.61. The summed E-state index contributed by atoms with van der Waals surface area (Å²) < 4.78 is 18.2. The summed E-state index contributed by atoms with van der Waals surface area (Å²) in [5.41, 5.74) is 1.70. The van der Waals surface area contributed by atoms with Gasteiger partial charge in [-0.3, -0.25) is 9.78 Å². The zero-order valence-electron chi connectivity index (χ0n) is 11.6. The van der Waals surface area contributed by atoms with E-state index < -0.39 is 0 Å². The largest absolute Gasteiger partial charge is 0.385 e. The summed E-state index contributed by atoms with van der Waals surface area (Å²) in [6.45, 7) is 2.92. The molecule has 2 rings (SSSR count). The zero-order chi connectivity index (χ0) is 14.5. The maximum absolute atomic E-state index is 13.2.